The van der Waals surface area contributed by atoms with E-state index in [-0.39, 0.29) is 17.9 Å². The van der Waals surface area contributed by atoms with Gasteiger partial charge in [0, 0.05) is 24.5 Å². The van der Waals surface area contributed by atoms with E-state index in [0.717, 1.165) is 23.4 Å². The van der Waals surface area contributed by atoms with E-state index in [2.05, 4.69) is 10.3 Å². The summed E-state index contributed by atoms with van der Waals surface area (Å²) >= 11 is 1.54. The number of thiazole rings is 1. The first-order chi connectivity index (χ1) is 11.6. The molecule has 2 amide bonds. The van der Waals surface area contributed by atoms with Crippen LogP contribution in [0.5, 0.6) is 0 Å². The molecule has 0 radical (unpaired) electrons. The Morgan fingerprint density at radius 2 is 2.29 bits per heavy atom. The average Bonchev–Trinajstić information content (AvgIpc) is 3.24. The van der Waals surface area contributed by atoms with Crippen LogP contribution in [0.1, 0.15) is 53.2 Å². The maximum Gasteiger partial charge on any atom is 0.253 e. The number of carbonyl (C=O) groups excluding carboxylic acids is 2. The minimum absolute atomic E-state index is 0.0832. The van der Waals surface area contributed by atoms with Crippen molar-refractivity contribution >= 4 is 28.8 Å². The largest absolute Gasteiger partial charge is 0.343 e. The molecule has 2 aromatic rings. The summed E-state index contributed by atoms with van der Waals surface area (Å²) in [5.41, 5.74) is 2.26. The van der Waals surface area contributed by atoms with E-state index in [1.54, 1.807) is 11.1 Å². The maximum absolute atomic E-state index is 12.9. The lowest BCUT2D eigenvalue weighted by Gasteiger charge is -2.21. The molecular formula is C18H21N3O2S. The van der Waals surface area contributed by atoms with Crippen molar-refractivity contribution in [1.82, 2.24) is 10.3 Å². The first-order valence-corrected chi connectivity index (χ1v) is 9.09. The molecule has 1 aliphatic rings. The van der Waals surface area contributed by atoms with E-state index in [1.807, 2.05) is 37.4 Å². The SMILES string of the molecule is CC[C@H](NC(=O)c1cc(C)ccc1N1CCCC1=O)c1nccs1. The van der Waals surface area contributed by atoms with E-state index < -0.39 is 0 Å². The van der Waals surface area contributed by atoms with Crippen LogP contribution in [0.15, 0.2) is 29.8 Å². The second-order valence-electron chi connectivity index (χ2n) is 5.97. The Hall–Kier alpha value is -2.21. The van der Waals surface area contributed by atoms with Gasteiger partial charge in [0.1, 0.15) is 5.01 Å². The molecule has 1 atom stereocenters. The van der Waals surface area contributed by atoms with Crippen molar-refractivity contribution in [3.8, 4) is 0 Å². The molecule has 2 heterocycles. The predicted molar refractivity (Wildman–Crippen MR) is 95.4 cm³/mol. The molecule has 0 aliphatic carbocycles. The molecule has 1 N–H and O–H groups in total. The van der Waals surface area contributed by atoms with Crippen LogP contribution in [-0.2, 0) is 4.79 Å². The summed E-state index contributed by atoms with van der Waals surface area (Å²) in [5, 5.41) is 5.87. The van der Waals surface area contributed by atoms with Crippen LogP contribution >= 0.6 is 11.3 Å². The standard InChI is InChI=1S/C18H21N3O2S/c1-3-14(18-19-8-10-24-18)20-17(23)13-11-12(2)6-7-15(13)21-9-4-5-16(21)22/h6-8,10-11,14H,3-5,9H2,1-2H3,(H,20,23)/t14-/m0/s1. The summed E-state index contributed by atoms with van der Waals surface area (Å²) in [6.07, 6.45) is 3.90. The zero-order valence-corrected chi connectivity index (χ0v) is 14.7. The van der Waals surface area contributed by atoms with Gasteiger partial charge in [0.15, 0.2) is 0 Å². The van der Waals surface area contributed by atoms with Crippen molar-refractivity contribution in [3.05, 3.63) is 45.9 Å². The van der Waals surface area contributed by atoms with E-state index in [0.29, 0.717) is 24.2 Å². The van der Waals surface area contributed by atoms with Crippen LogP contribution in [-0.4, -0.2) is 23.3 Å². The van der Waals surface area contributed by atoms with Crippen LogP contribution < -0.4 is 10.2 Å². The summed E-state index contributed by atoms with van der Waals surface area (Å²) < 4.78 is 0. The highest BCUT2D eigenvalue weighted by atomic mass is 32.1. The van der Waals surface area contributed by atoms with Gasteiger partial charge in [-0.3, -0.25) is 9.59 Å². The number of aromatic nitrogens is 1. The Morgan fingerprint density at radius 1 is 1.46 bits per heavy atom. The third kappa shape index (κ3) is 3.33. The molecule has 0 saturated carbocycles. The van der Waals surface area contributed by atoms with Crippen molar-refractivity contribution < 1.29 is 9.59 Å². The summed E-state index contributed by atoms with van der Waals surface area (Å²) in [6.45, 7) is 4.64. The Kier molecular flexibility index (Phi) is 4.94. The summed E-state index contributed by atoms with van der Waals surface area (Å²) in [4.78, 5) is 31.0. The van der Waals surface area contributed by atoms with E-state index in [9.17, 15) is 9.59 Å². The van der Waals surface area contributed by atoms with E-state index >= 15 is 0 Å². The second kappa shape index (κ2) is 7.13. The van der Waals surface area contributed by atoms with Crippen molar-refractivity contribution in [2.45, 2.75) is 39.2 Å². The quantitative estimate of drug-likeness (QED) is 0.904. The van der Waals surface area contributed by atoms with Crippen LogP contribution in [0.2, 0.25) is 0 Å². The molecule has 0 spiro atoms. The van der Waals surface area contributed by atoms with Crippen molar-refractivity contribution in [2.24, 2.45) is 0 Å². The van der Waals surface area contributed by atoms with Gasteiger partial charge < -0.3 is 10.2 Å². The van der Waals surface area contributed by atoms with Gasteiger partial charge >= 0.3 is 0 Å². The van der Waals surface area contributed by atoms with Crippen molar-refractivity contribution in [1.29, 1.82) is 0 Å². The molecule has 5 nitrogen and oxygen atoms in total. The smallest absolute Gasteiger partial charge is 0.253 e. The number of amides is 2. The fourth-order valence-electron chi connectivity index (χ4n) is 2.95. The summed E-state index contributed by atoms with van der Waals surface area (Å²) in [7, 11) is 0. The van der Waals surface area contributed by atoms with Gasteiger partial charge in [-0.2, -0.15) is 0 Å². The van der Waals surface area contributed by atoms with Gasteiger partial charge in [0.25, 0.3) is 5.91 Å². The van der Waals surface area contributed by atoms with E-state index in [1.165, 1.54) is 11.3 Å². The second-order valence-corrected chi connectivity index (χ2v) is 6.90. The van der Waals surface area contributed by atoms with Crippen molar-refractivity contribution in [3.63, 3.8) is 0 Å². The lowest BCUT2D eigenvalue weighted by molar-refractivity contribution is -0.117. The molecule has 1 fully saturated rings. The third-order valence-corrected chi connectivity index (χ3v) is 5.11. The lowest BCUT2D eigenvalue weighted by Crippen LogP contribution is -2.31. The first-order valence-electron chi connectivity index (χ1n) is 8.21. The Bertz CT molecular complexity index is 743. The number of benzene rings is 1. The zero-order valence-electron chi connectivity index (χ0n) is 13.9. The lowest BCUT2D eigenvalue weighted by atomic mass is 10.1. The first kappa shape index (κ1) is 16.6. The number of anilines is 1. The molecule has 126 valence electrons. The number of aryl methyl sites for hydroxylation is 1. The van der Waals surface area contributed by atoms with Gasteiger partial charge in [0.2, 0.25) is 5.91 Å². The normalized spacial score (nSPS) is 15.6. The summed E-state index contributed by atoms with van der Waals surface area (Å²) in [6, 6.07) is 5.55. The number of hydrogen-bond donors (Lipinski definition) is 1. The molecule has 6 heteroatoms. The van der Waals surface area contributed by atoms with E-state index in [4.69, 9.17) is 0 Å². The molecule has 1 aliphatic heterocycles. The Balaban J connectivity index is 1.88. The predicted octanol–water partition coefficient (Wildman–Crippen LogP) is 3.46. The van der Waals surface area contributed by atoms with Crippen LogP contribution in [0, 0.1) is 6.92 Å². The van der Waals surface area contributed by atoms with Crippen LogP contribution in [0.4, 0.5) is 5.69 Å². The highest BCUT2D eigenvalue weighted by molar-refractivity contribution is 7.09. The molecule has 3 rings (SSSR count). The Morgan fingerprint density at radius 3 is 2.92 bits per heavy atom. The zero-order chi connectivity index (χ0) is 17.1. The van der Waals surface area contributed by atoms with Gasteiger partial charge in [-0.25, -0.2) is 4.98 Å². The molecule has 1 aromatic heterocycles. The Labute approximate surface area is 145 Å². The fraction of sp³-hybridized carbons (Fsp3) is 0.389. The highest BCUT2D eigenvalue weighted by Gasteiger charge is 2.27. The fourth-order valence-corrected chi connectivity index (χ4v) is 3.72. The minimum atomic E-state index is -0.157. The topological polar surface area (TPSA) is 62.3 Å². The molecular weight excluding hydrogens is 322 g/mol. The molecule has 0 unspecified atom stereocenters. The molecule has 24 heavy (non-hydrogen) atoms. The number of carbonyl (C=O) groups is 2. The molecule has 0 bridgehead atoms. The van der Waals surface area contributed by atoms with Gasteiger partial charge in [-0.05, 0) is 31.9 Å². The third-order valence-electron chi connectivity index (χ3n) is 4.22. The number of nitrogens with zero attached hydrogens (tertiary/aromatic N) is 2. The van der Waals surface area contributed by atoms with Crippen LogP contribution in [0.25, 0.3) is 0 Å². The summed E-state index contributed by atoms with van der Waals surface area (Å²) in [5.74, 6) is -0.0738. The maximum atomic E-state index is 12.9. The monoisotopic (exact) mass is 343 g/mol. The molecule has 1 aromatic carbocycles. The highest BCUT2D eigenvalue weighted by Crippen LogP contribution is 2.28. The minimum Gasteiger partial charge on any atom is -0.343 e. The van der Waals surface area contributed by atoms with Gasteiger partial charge in [0.05, 0.1) is 17.3 Å². The number of hydrogen-bond acceptors (Lipinski definition) is 4. The van der Waals surface area contributed by atoms with Crippen molar-refractivity contribution in [2.75, 3.05) is 11.4 Å². The van der Waals surface area contributed by atoms with Gasteiger partial charge in [-0.1, -0.05) is 18.6 Å². The number of rotatable bonds is 5. The number of nitrogens with one attached hydrogen (secondary N) is 1. The van der Waals surface area contributed by atoms with Crippen LogP contribution in [0.3, 0.4) is 0 Å². The van der Waals surface area contributed by atoms with Gasteiger partial charge in [-0.15, -0.1) is 11.3 Å². The average molecular weight is 343 g/mol. The molecule has 1 saturated heterocycles.